The zero-order chi connectivity index (χ0) is 12.5. The molecule has 1 atom stereocenters. The minimum Gasteiger partial charge on any atom is -0.379 e. The third-order valence-corrected chi connectivity index (χ3v) is 3.79. The molecule has 1 fully saturated rings. The Morgan fingerprint density at radius 2 is 2.06 bits per heavy atom. The summed E-state index contributed by atoms with van der Waals surface area (Å²) >= 11 is 0. The summed E-state index contributed by atoms with van der Waals surface area (Å²) < 4.78 is 5.47. The Kier molecular flexibility index (Phi) is 3.55. The number of nitrogens with two attached hydrogens (primary N) is 1. The molecule has 0 saturated carbocycles. The highest BCUT2D eigenvalue weighted by atomic mass is 16.5. The van der Waals surface area contributed by atoms with E-state index in [1.807, 2.05) is 0 Å². The Labute approximate surface area is 104 Å². The molecule has 1 aliphatic heterocycles. The van der Waals surface area contributed by atoms with Crippen LogP contribution in [0.4, 0.5) is 0 Å². The number of aryl methyl sites for hydroxylation is 2. The van der Waals surface area contributed by atoms with Crippen molar-refractivity contribution in [2.45, 2.75) is 45.1 Å². The van der Waals surface area contributed by atoms with E-state index in [9.17, 15) is 0 Å². The van der Waals surface area contributed by atoms with Crippen LogP contribution in [0.1, 0.15) is 36.5 Å². The number of ether oxygens (including phenoxy) is 1. The second kappa shape index (κ2) is 4.79. The number of rotatable bonds is 4. The van der Waals surface area contributed by atoms with Gasteiger partial charge in [-0.25, -0.2) is 0 Å². The third kappa shape index (κ3) is 2.53. The van der Waals surface area contributed by atoms with Gasteiger partial charge in [-0.2, -0.15) is 0 Å². The Balaban J connectivity index is 2.22. The van der Waals surface area contributed by atoms with Crippen LogP contribution in [0.3, 0.4) is 0 Å². The first-order valence-corrected chi connectivity index (χ1v) is 6.44. The highest BCUT2D eigenvalue weighted by Gasteiger charge is 2.40. The van der Waals surface area contributed by atoms with E-state index in [4.69, 9.17) is 10.5 Å². The maximum atomic E-state index is 5.88. The smallest absolute Gasteiger partial charge is 0.0585 e. The van der Waals surface area contributed by atoms with Crippen molar-refractivity contribution < 1.29 is 4.74 Å². The van der Waals surface area contributed by atoms with Crippen molar-refractivity contribution in [1.82, 2.24) is 0 Å². The zero-order valence-corrected chi connectivity index (χ0v) is 11.1. The van der Waals surface area contributed by atoms with Gasteiger partial charge < -0.3 is 10.5 Å². The molecule has 1 heterocycles. The molecule has 1 unspecified atom stereocenters. The van der Waals surface area contributed by atoms with Gasteiger partial charge in [0.25, 0.3) is 0 Å². The number of benzene rings is 1. The lowest BCUT2D eigenvalue weighted by molar-refractivity contribution is -0.0659. The van der Waals surface area contributed by atoms with Crippen molar-refractivity contribution in [2.75, 3.05) is 13.2 Å². The molecule has 17 heavy (non-hydrogen) atoms. The molecule has 2 heteroatoms. The molecule has 0 bridgehead atoms. The predicted octanol–water partition coefficient (Wildman–Crippen LogP) is 2.70. The molecule has 1 aromatic carbocycles. The van der Waals surface area contributed by atoms with Crippen LogP contribution in [-0.4, -0.2) is 19.3 Å². The third-order valence-electron chi connectivity index (χ3n) is 3.79. The van der Waals surface area contributed by atoms with Crippen LogP contribution in [0.2, 0.25) is 0 Å². The van der Waals surface area contributed by atoms with Crippen LogP contribution in [0, 0.1) is 13.8 Å². The normalized spacial score (nSPS) is 19.8. The molecule has 0 amide bonds. The molecule has 1 aromatic rings. The Hall–Kier alpha value is -0.860. The number of hydrogen-bond donors (Lipinski definition) is 1. The molecule has 2 rings (SSSR count). The summed E-state index contributed by atoms with van der Waals surface area (Å²) in [6, 6.07) is 7.02. The quantitative estimate of drug-likeness (QED) is 0.868. The second-order valence-corrected chi connectivity index (χ2v) is 5.61. The van der Waals surface area contributed by atoms with E-state index in [-0.39, 0.29) is 11.5 Å². The van der Waals surface area contributed by atoms with Crippen LogP contribution < -0.4 is 5.73 Å². The largest absolute Gasteiger partial charge is 0.379 e. The first-order chi connectivity index (χ1) is 8.03. The molecule has 0 aliphatic carbocycles. The molecule has 0 spiro atoms. The highest BCUT2D eigenvalue weighted by Crippen LogP contribution is 2.38. The number of hydrogen-bond acceptors (Lipinski definition) is 2. The molecule has 2 N–H and O–H groups in total. The van der Waals surface area contributed by atoms with Crippen molar-refractivity contribution >= 4 is 0 Å². The first kappa shape index (κ1) is 12.6. The highest BCUT2D eigenvalue weighted by molar-refractivity contribution is 5.38. The van der Waals surface area contributed by atoms with Gasteiger partial charge in [0, 0.05) is 11.5 Å². The summed E-state index contributed by atoms with van der Waals surface area (Å²) in [6.45, 7) is 8.12. The van der Waals surface area contributed by atoms with E-state index < -0.39 is 0 Å². The van der Waals surface area contributed by atoms with Gasteiger partial charge in [0.1, 0.15) is 0 Å². The summed E-state index contributed by atoms with van der Waals surface area (Å²) in [5.74, 6) is 0. The van der Waals surface area contributed by atoms with E-state index in [2.05, 4.69) is 39.0 Å². The van der Waals surface area contributed by atoms with Gasteiger partial charge in [-0.15, -0.1) is 0 Å². The standard InChI is InChI=1S/C15H23NO/c1-11-4-5-14(12(2)8-11)15(9-17-10-15)7-6-13(3)16/h4-5,8,13H,6-7,9-10,16H2,1-3H3. The van der Waals surface area contributed by atoms with Gasteiger partial charge in [-0.1, -0.05) is 23.8 Å². The Morgan fingerprint density at radius 1 is 1.35 bits per heavy atom. The van der Waals surface area contributed by atoms with E-state index in [0.717, 1.165) is 26.1 Å². The average molecular weight is 233 g/mol. The monoisotopic (exact) mass is 233 g/mol. The minimum absolute atomic E-state index is 0.228. The molecular formula is C15H23NO. The minimum atomic E-state index is 0.228. The molecule has 0 radical (unpaired) electrons. The van der Waals surface area contributed by atoms with Crippen LogP contribution in [0.25, 0.3) is 0 Å². The topological polar surface area (TPSA) is 35.2 Å². The summed E-state index contributed by atoms with van der Waals surface area (Å²) in [4.78, 5) is 0. The van der Waals surface area contributed by atoms with Crippen molar-refractivity contribution in [1.29, 1.82) is 0 Å². The van der Waals surface area contributed by atoms with Gasteiger partial charge >= 0.3 is 0 Å². The Morgan fingerprint density at radius 3 is 2.53 bits per heavy atom. The maximum absolute atomic E-state index is 5.88. The van der Waals surface area contributed by atoms with E-state index in [0.29, 0.717) is 0 Å². The van der Waals surface area contributed by atoms with Crippen molar-refractivity contribution in [3.63, 3.8) is 0 Å². The molecule has 94 valence electrons. The average Bonchev–Trinajstić information content (AvgIpc) is 2.18. The van der Waals surface area contributed by atoms with Crippen LogP contribution in [0.15, 0.2) is 18.2 Å². The van der Waals surface area contributed by atoms with Gasteiger partial charge in [0.15, 0.2) is 0 Å². The fourth-order valence-corrected chi connectivity index (χ4v) is 2.70. The lowest BCUT2D eigenvalue weighted by atomic mass is 9.72. The van der Waals surface area contributed by atoms with Crippen molar-refractivity contribution in [2.24, 2.45) is 5.73 Å². The van der Waals surface area contributed by atoms with Gasteiger partial charge in [0.2, 0.25) is 0 Å². The maximum Gasteiger partial charge on any atom is 0.0585 e. The Bertz CT molecular complexity index is 394. The van der Waals surface area contributed by atoms with Crippen LogP contribution in [-0.2, 0) is 10.2 Å². The summed E-state index contributed by atoms with van der Waals surface area (Å²) in [6.07, 6.45) is 2.20. The fraction of sp³-hybridized carbons (Fsp3) is 0.600. The van der Waals surface area contributed by atoms with Crippen LogP contribution >= 0.6 is 0 Å². The van der Waals surface area contributed by atoms with Gasteiger partial charge in [0.05, 0.1) is 13.2 Å². The van der Waals surface area contributed by atoms with Gasteiger partial charge in [-0.3, -0.25) is 0 Å². The summed E-state index contributed by atoms with van der Waals surface area (Å²) in [7, 11) is 0. The van der Waals surface area contributed by atoms with Crippen LogP contribution in [0.5, 0.6) is 0 Å². The second-order valence-electron chi connectivity index (χ2n) is 5.61. The molecule has 2 nitrogen and oxygen atoms in total. The van der Waals surface area contributed by atoms with Crippen molar-refractivity contribution in [3.8, 4) is 0 Å². The molecular weight excluding hydrogens is 210 g/mol. The SMILES string of the molecule is Cc1ccc(C2(CCC(C)N)COC2)c(C)c1. The fourth-order valence-electron chi connectivity index (χ4n) is 2.70. The first-order valence-electron chi connectivity index (χ1n) is 6.44. The van der Waals surface area contributed by atoms with Crippen molar-refractivity contribution in [3.05, 3.63) is 34.9 Å². The van der Waals surface area contributed by atoms with E-state index >= 15 is 0 Å². The molecule has 0 aromatic heterocycles. The molecule has 1 aliphatic rings. The predicted molar refractivity (Wildman–Crippen MR) is 71.3 cm³/mol. The van der Waals surface area contributed by atoms with E-state index in [1.165, 1.54) is 16.7 Å². The zero-order valence-electron chi connectivity index (χ0n) is 11.1. The lowest BCUT2D eigenvalue weighted by Gasteiger charge is -2.43. The summed E-state index contributed by atoms with van der Waals surface area (Å²) in [5.41, 5.74) is 10.3. The van der Waals surface area contributed by atoms with Gasteiger partial charge in [-0.05, 0) is 44.7 Å². The molecule has 1 saturated heterocycles. The summed E-state index contributed by atoms with van der Waals surface area (Å²) in [5, 5.41) is 0. The lowest BCUT2D eigenvalue weighted by Crippen LogP contribution is -2.47. The van der Waals surface area contributed by atoms with E-state index in [1.54, 1.807) is 0 Å².